The SMILES string of the molecule is CC(=O)C(=C(C)O)C(NCCO)c1ccccn1. The van der Waals surface area contributed by atoms with Crippen molar-refractivity contribution >= 4 is 5.78 Å². The summed E-state index contributed by atoms with van der Waals surface area (Å²) in [6.45, 7) is 3.11. The summed E-state index contributed by atoms with van der Waals surface area (Å²) in [4.78, 5) is 15.8. The predicted molar refractivity (Wildman–Crippen MR) is 68.1 cm³/mol. The van der Waals surface area contributed by atoms with Crippen molar-refractivity contribution in [1.29, 1.82) is 0 Å². The van der Waals surface area contributed by atoms with Crippen LogP contribution in [0.25, 0.3) is 0 Å². The van der Waals surface area contributed by atoms with Gasteiger partial charge in [-0.3, -0.25) is 9.78 Å². The fraction of sp³-hybridized carbons (Fsp3) is 0.385. The number of carbonyl (C=O) groups excluding carboxylic acids is 1. The van der Waals surface area contributed by atoms with Crippen molar-refractivity contribution in [3.63, 3.8) is 0 Å². The molecule has 1 unspecified atom stereocenters. The summed E-state index contributed by atoms with van der Waals surface area (Å²) >= 11 is 0. The Morgan fingerprint density at radius 1 is 1.44 bits per heavy atom. The van der Waals surface area contributed by atoms with Gasteiger partial charge in [0.1, 0.15) is 0 Å². The van der Waals surface area contributed by atoms with E-state index >= 15 is 0 Å². The number of pyridine rings is 1. The minimum absolute atomic E-state index is 0.0383. The van der Waals surface area contributed by atoms with Gasteiger partial charge in [-0.15, -0.1) is 0 Å². The fourth-order valence-electron chi connectivity index (χ4n) is 1.78. The van der Waals surface area contributed by atoms with Gasteiger partial charge in [-0.05, 0) is 26.0 Å². The van der Waals surface area contributed by atoms with Crippen LogP contribution in [0.4, 0.5) is 0 Å². The third-order valence-corrected chi connectivity index (χ3v) is 2.50. The first kappa shape index (κ1) is 14.3. The van der Waals surface area contributed by atoms with E-state index in [1.165, 1.54) is 13.8 Å². The lowest BCUT2D eigenvalue weighted by atomic mass is 9.98. The van der Waals surface area contributed by atoms with E-state index in [0.717, 1.165) is 0 Å². The Kier molecular flexibility index (Phi) is 5.48. The summed E-state index contributed by atoms with van der Waals surface area (Å²) < 4.78 is 0. The van der Waals surface area contributed by atoms with E-state index < -0.39 is 6.04 Å². The number of aliphatic hydroxyl groups excluding tert-OH is 2. The molecule has 5 nitrogen and oxygen atoms in total. The van der Waals surface area contributed by atoms with Gasteiger partial charge in [0.15, 0.2) is 5.78 Å². The van der Waals surface area contributed by atoms with Crippen LogP contribution in [0.1, 0.15) is 25.6 Å². The molecule has 18 heavy (non-hydrogen) atoms. The molecule has 1 aromatic heterocycles. The van der Waals surface area contributed by atoms with Gasteiger partial charge in [-0.25, -0.2) is 0 Å². The molecule has 5 heteroatoms. The topological polar surface area (TPSA) is 82.5 Å². The number of ketones is 1. The quantitative estimate of drug-likeness (QED) is 0.520. The molecule has 1 atom stereocenters. The molecule has 0 aromatic carbocycles. The van der Waals surface area contributed by atoms with Crippen LogP contribution in [0.15, 0.2) is 35.7 Å². The van der Waals surface area contributed by atoms with Crippen LogP contribution in [-0.4, -0.2) is 34.1 Å². The summed E-state index contributed by atoms with van der Waals surface area (Å²) in [5.41, 5.74) is 0.895. The Hall–Kier alpha value is -1.72. The van der Waals surface area contributed by atoms with E-state index in [1.807, 2.05) is 0 Å². The monoisotopic (exact) mass is 250 g/mol. The molecule has 0 bridgehead atoms. The highest BCUT2D eigenvalue weighted by atomic mass is 16.3. The first-order valence-corrected chi connectivity index (χ1v) is 5.73. The highest BCUT2D eigenvalue weighted by Crippen LogP contribution is 2.22. The van der Waals surface area contributed by atoms with Crippen molar-refractivity contribution in [3.05, 3.63) is 41.4 Å². The Labute approximate surface area is 106 Å². The summed E-state index contributed by atoms with van der Waals surface area (Å²) in [6, 6.07) is 4.83. The van der Waals surface area contributed by atoms with Crippen LogP contribution in [0.2, 0.25) is 0 Å². The molecule has 0 radical (unpaired) electrons. The number of carbonyl (C=O) groups is 1. The molecule has 1 heterocycles. The van der Waals surface area contributed by atoms with Crippen LogP contribution in [0.3, 0.4) is 0 Å². The lowest BCUT2D eigenvalue weighted by Gasteiger charge is -2.20. The van der Waals surface area contributed by atoms with Crippen molar-refractivity contribution in [2.75, 3.05) is 13.2 Å². The van der Waals surface area contributed by atoms with E-state index in [-0.39, 0.29) is 23.7 Å². The molecule has 0 saturated heterocycles. The number of nitrogens with one attached hydrogen (secondary N) is 1. The second-order valence-corrected chi connectivity index (χ2v) is 3.92. The Morgan fingerprint density at radius 3 is 2.61 bits per heavy atom. The molecule has 0 fully saturated rings. The average Bonchev–Trinajstić information content (AvgIpc) is 2.34. The van der Waals surface area contributed by atoms with Crippen LogP contribution >= 0.6 is 0 Å². The number of hydrogen-bond acceptors (Lipinski definition) is 5. The molecule has 98 valence electrons. The molecule has 0 aliphatic rings. The van der Waals surface area contributed by atoms with Crippen molar-refractivity contribution in [1.82, 2.24) is 10.3 Å². The van der Waals surface area contributed by atoms with Gasteiger partial charge in [-0.1, -0.05) is 6.07 Å². The molecular formula is C13H18N2O3. The second kappa shape index (κ2) is 6.88. The first-order chi connectivity index (χ1) is 8.57. The average molecular weight is 250 g/mol. The molecule has 0 aliphatic heterocycles. The molecule has 0 amide bonds. The largest absolute Gasteiger partial charge is 0.512 e. The second-order valence-electron chi connectivity index (χ2n) is 3.92. The zero-order valence-corrected chi connectivity index (χ0v) is 10.6. The lowest BCUT2D eigenvalue weighted by Crippen LogP contribution is -2.29. The van der Waals surface area contributed by atoms with Crippen molar-refractivity contribution in [2.45, 2.75) is 19.9 Å². The molecule has 0 saturated carbocycles. The maximum Gasteiger partial charge on any atom is 0.161 e. The van der Waals surface area contributed by atoms with Crippen LogP contribution in [0, 0.1) is 0 Å². The molecule has 1 rings (SSSR count). The van der Waals surface area contributed by atoms with E-state index in [0.29, 0.717) is 12.2 Å². The van der Waals surface area contributed by atoms with Gasteiger partial charge in [0.2, 0.25) is 0 Å². The normalized spacial score (nSPS) is 13.9. The van der Waals surface area contributed by atoms with E-state index in [9.17, 15) is 9.90 Å². The van der Waals surface area contributed by atoms with E-state index in [4.69, 9.17) is 5.11 Å². The molecule has 0 spiro atoms. The lowest BCUT2D eigenvalue weighted by molar-refractivity contribution is -0.114. The highest BCUT2D eigenvalue weighted by molar-refractivity contribution is 5.95. The summed E-state index contributed by atoms with van der Waals surface area (Å²) in [5.74, 6) is -0.264. The third-order valence-electron chi connectivity index (χ3n) is 2.50. The van der Waals surface area contributed by atoms with Crippen LogP contribution in [0.5, 0.6) is 0 Å². The summed E-state index contributed by atoms with van der Waals surface area (Å²) in [7, 11) is 0. The van der Waals surface area contributed by atoms with Crippen molar-refractivity contribution in [2.24, 2.45) is 0 Å². The standard InChI is InChI=1S/C13H18N2O3/c1-9(17)12(10(2)18)13(15-7-8-16)11-5-3-4-6-14-11/h3-6,13,15-17H,7-8H2,1-2H3. The number of aliphatic hydroxyl groups is 2. The van der Waals surface area contributed by atoms with Crippen molar-refractivity contribution < 1.29 is 15.0 Å². The maximum atomic E-state index is 11.6. The Morgan fingerprint density at radius 2 is 2.17 bits per heavy atom. The van der Waals surface area contributed by atoms with Crippen LogP contribution < -0.4 is 5.32 Å². The number of aromatic nitrogens is 1. The number of Topliss-reactive ketones (excluding diaryl/α,β-unsaturated/α-hetero) is 1. The number of rotatable bonds is 6. The van der Waals surface area contributed by atoms with Gasteiger partial charge in [-0.2, -0.15) is 0 Å². The van der Waals surface area contributed by atoms with Gasteiger partial charge in [0.05, 0.1) is 29.7 Å². The van der Waals surface area contributed by atoms with Gasteiger partial charge in [0.25, 0.3) is 0 Å². The van der Waals surface area contributed by atoms with E-state index in [2.05, 4.69) is 10.3 Å². The van der Waals surface area contributed by atoms with Crippen LogP contribution in [-0.2, 0) is 4.79 Å². The van der Waals surface area contributed by atoms with Gasteiger partial charge >= 0.3 is 0 Å². The molecule has 3 N–H and O–H groups in total. The zero-order valence-electron chi connectivity index (χ0n) is 10.6. The summed E-state index contributed by atoms with van der Waals surface area (Å²) in [6.07, 6.45) is 1.62. The van der Waals surface area contributed by atoms with E-state index in [1.54, 1.807) is 24.4 Å². The minimum atomic E-state index is -0.513. The molecule has 0 aliphatic carbocycles. The van der Waals surface area contributed by atoms with Crippen molar-refractivity contribution in [3.8, 4) is 0 Å². The summed E-state index contributed by atoms with van der Waals surface area (Å²) in [5, 5.41) is 21.5. The zero-order chi connectivity index (χ0) is 13.5. The minimum Gasteiger partial charge on any atom is -0.512 e. The molecule has 1 aromatic rings. The number of hydrogen-bond donors (Lipinski definition) is 3. The molecular weight excluding hydrogens is 232 g/mol. The first-order valence-electron chi connectivity index (χ1n) is 5.73. The third kappa shape index (κ3) is 3.65. The predicted octanol–water partition coefficient (Wildman–Crippen LogP) is 1.13. The number of nitrogens with zero attached hydrogens (tertiary/aromatic N) is 1. The van der Waals surface area contributed by atoms with Gasteiger partial charge < -0.3 is 15.5 Å². The number of allylic oxidation sites excluding steroid dienone is 1. The van der Waals surface area contributed by atoms with Gasteiger partial charge in [0, 0.05) is 12.7 Å². The fourth-order valence-corrected chi connectivity index (χ4v) is 1.78. The highest BCUT2D eigenvalue weighted by Gasteiger charge is 2.23. The Balaban J connectivity index is 3.13. The smallest absolute Gasteiger partial charge is 0.161 e. The maximum absolute atomic E-state index is 11.6. The Bertz CT molecular complexity index is 425.